The van der Waals surface area contributed by atoms with Crippen LogP contribution in [0.25, 0.3) is 0 Å². The molecule has 3 N–H and O–H groups in total. The van der Waals surface area contributed by atoms with Crippen molar-refractivity contribution in [2.75, 3.05) is 23.8 Å². The summed E-state index contributed by atoms with van der Waals surface area (Å²) >= 11 is 0. The van der Waals surface area contributed by atoms with Crippen molar-refractivity contribution in [1.82, 2.24) is 4.98 Å². The Morgan fingerprint density at radius 1 is 1.65 bits per heavy atom. The normalized spacial score (nSPS) is 19.6. The highest BCUT2D eigenvalue weighted by Gasteiger charge is 2.26. The third-order valence-electron chi connectivity index (χ3n) is 2.97. The predicted molar refractivity (Wildman–Crippen MR) is 62.8 cm³/mol. The van der Waals surface area contributed by atoms with Gasteiger partial charge in [0.05, 0.1) is 17.6 Å². The summed E-state index contributed by atoms with van der Waals surface area (Å²) in [5.74, 6) is 0.501. The minimum absolute atomic E-state index is 0.0309. The maximum absolute atomic E-state index is 10.6. The molecule has 1 aromatic heterocycles. The Morgan fingerprint density at radius 3 is 3.00 bits per heavy atom. The standard InChI is InChI=1S/C10H14N4O3/c11-10-8(14(16)17)3-4-9(12-10)13-5-1-2-7(13)6-15/h3-4,7,15H,1-2,5-6H2,(H2,11,12). The van der Waals surface area contributed by atoms with E-state index in [4.69, 9.17) is 5.73 Å². The topological polar surface area (TPSA) is 106 Å². The molecular weight excluding hydrogens is 224 g/mol. The van der Waals surface area contributed by atoms with Crippen molar-refractivity contribution >= 4 is 17.3 Å². The summed E-state index contributed by atoms with van der Waals surface area (Å²) in [4.78, 5) is 16.0. The fraction of sp³-hybridized carbons (Fsp3) is 0.500. The second kappa shape index (κ2) is 4.54. The Bertz CT molecular complexity index is 438. The van der Waals surface area contributed by atoms with Gasteiger partial charge in [-0.05, 0) is 18.9 Å². The zero-order chi connectivity index (χ0) is 12.4. The molecule has 1 atom stereocenters. The van der Waals surface area contributed by atoms with Crippen molar-refractivity contribution in [1.29, 1.82) is 0 Å². The first-order valence-corrected chi connectivity index (χ1v) is 5.42. The van der Waals surface area contributed by atoms with Crippen LogP contribution in [0.2, 0.25) is 0 Å². The Kier molecular flexibility index (Phi) is 3.10. The summed E-state index contributed by atoms with van der Waals surface area (Å²) < 4.78 is 0. The van der Waals surface area contributed by atoms with E-state index >= 15 is 0 Å². The molecule has 1 aliphatic heterocycles. The zero-order valence-electron chi connectivity index (χ0n) is 9.24. The molecule has 1 unspecified atom stereocenters. The van der Waals surface area contributed by atoms with E-state index in [1.165, 1.54) is 6.07 Å². The molecule has 0 aromatic carbocycles. The van der Waals surface area contributed by atoms with E-state index in [2.05, 4.69) is 4.98 Å². The lowest BCUT2D eigenvalue weighted by Gasteiger charge is -2.23. The third kappa shape index (κ3) is 2.14. The molecule has 7 heteroatoms. The van der Waals surface area contributed by atoms with E-state index in [1.54, 1.807) is 6.07 Å². The number of rotatable bonds is 3. The highest BCUT2D eigenvalue weighted by molar-refractivity contribution is 5.58. The summed E-state index contributed by atoms with van der Waals surface area (Å²) in [6.45, 7) is 0.841. The lowest BCUT2D eigenvalue weighted by atomic mass is 10.2. The van der Waals surface area contributed by atoms with Crippen LogP contribution in [-0.4, -0.2) is 34.2 Å². The number of anilines is 2. The quantitative estimate of drug-likeness (QED) is 0.588. The molecule has 1 aliphatic rings. The Morgan fingerprint density at radius 2 is 2.41 bits per heavy atom. The van der Waals surface area contributed by atoms with Crippen LogP contribution < -0.4 is 10.6 Å². The predicted octanol–water partition coefficient (Wildman–Crippen LogP) is 0.533. The van der Waals surface area contributed by atoms with Gasteiger partial charge in [0.25, 0.3) is 0 Å². The lowest BCUT2D eigenvalue weighted by Crippen LogP contribution is -2.32. The molecule has 1 aromatic rings. The second-order valence-corrected chi connectivity index (χ2v) is 4.00. The van der Waals surface area contributed by atoms with Crippen molar-refractivity contribution in [3.8, 4) is 0 Å². The van der Waals surface area contributed by atoms with Crippen LogP contribution in [0.5, 0.6) is 0 Å². The molecule has 0 amide bonds. The van der Waals surface area contributed by atoms with Gasteiger partial charge >= 0.3 is 5.69 Å². The number of aliphatic hydroxyl groups excluding tert-OH is 1. The van der Waals surface area contributed by atoms with Crippen LogP contribution in [0, 0.1) is 10.1 Å². The van der Waals surface area contributed by atoms with Crippen molar-refractivity contribution < 1.29 is 10.0 Å². The highest BCUT2D eigenvalue weighted by Crippen LogP contribution is 2.27. The fourth-order valence-corrected chi connectivity index (χ4v) is 2.10. The number of nitrogen functional groups attached to an aromatic ring is 1. The highest BCUT2D eigenvalue weighted by atomic mass is 16.6. The number of nitro groups is 1. The molecule has 2 heterocycles. The molecule has 0 saturated carbocycles. The van der Waals surface area contributed by atoms with Crippen LogP contribution >= 0.6 is 0 Å². The molecule has 0 bridgehead atoms. The molecule has 0 radical (unpaired) electrons. The van der Waals surface area contributed by atoms with Crippen LogP contribution in [-0.2, 0) is 0 Å². The molecule has 2 rings (SSSR count). The number of nitrogens with zero attached hydrogens (tertiary/aromatic N) is 3. The summed E-state index contributed by atoms with van der Waals surface area (Å²) in [7, 11) is 0. The Hall–Kier alpha value is -1.89. The van der Waals surface area contributed by atoms with Gasteiger partial charge in [-0.3, -0.25) is 10.1 Å². The molecule has 0 aliphatic carbocycles. The minimum atomic E-state index is -0.556. The van der Waals surface area contributed by atoms with Crippen LogP contribution in [0.4, 0.5) is 17.3 Å². The SMILES string of the molecule is Nc1nc(N2CCCC2CO)ccc1[N+](=O)[O-]. The van der Waals surface area contributed by atoms with Crippen LogP contribution in [0.1, 0.15) is 12.8 Å². The first kappa shape index (κ1) is 11.6. The van der Waals surface area contributed by atoms with Crippen molar-refractivity contribution in [3.05, 3.63) is 22.2 Å². The number of hydrogen-bond acceptors (Lipinski definition) is 6. The first-order valence-electron chi connectivity index (χ1n) is 5.42. The molecule has 0 spiro atoms. The van der Waals surface area contributed by atoms with Gasteiger partial charge in [-0.2, -0.15) is 0 Å². The molecule has 7 nitrogen and oxygen atoms in total. The van der Waals surface area contributed by atoms with Gasteiger partial charge in [0.2, 0.25) is 5.82 Å². The number of aliphatic hydroxyl groups is 1. The number of hydrogen-bond donors (Lipinski definition) is 2. The average molecular weight is 238 g/mol. The lowest BCUT2D eigenvalue weighted by molar-refractivity contribution is -0.384. The van der Waals surface area contributed by atoms with Gasteiger partial charge in [0, 0.05) is 12.6 Å². The van der Waals surface area contributed by atoms with E-state index in [0.717, 1.165) is 19.4 Å². The molecule has 92 valence electrons. The van der Waals surface area contributed by atoms with E-state index < -0.39 is 4.92 Å². The van der Waals surface area contributed by atoms with Gasteiger partial charge < -0.3 is 15.7 Å². The van der Waals surface area contributed by atoms with E-state index in [-0.39, 0.29) is 24.2 Å². The van der Waals surface area contributed by atoms with Gasteiger partial charge in [-0.25, -0.2) is 4.98 Å². The average Bonchev–Trinajstić information content (AvgIpc) is 2.76. The van der Waals surface area contributed by atoms with Crippen molar-refractivity contribution in [2.45, 2.75) is 18.9 Å². The second-order valence-electron chi connectivity index (χ2n) is 4.00. The van der Waals surface area contributed by atoms with Crippen LogP contribution in [0.15, 0.2) is 12.1 Å². The fourth-order valence-electron chi connectivity index (χ4n) is 2.10. The van der Waals surface area contributed by atoms with Gasteiger partial charge in [0.1, 0.15) is 5.82 Å². The number of aromatic nitrogens is 1. The summed E-state index contributed by atoms with van der Waals surface area (Å²) in [5, 5.41) is 19.8. The zero-order valence-corrected chi connectivity index (χ0v) is 9.24. The van der Waals surface area contributed by atoms with E-state index in [9.17, 15) is 15.2 Å². The minimum Gasteiger partial charge on any atom is -0.394 e. The number of nitrogens with two attached hydrogens (primary N) is 1. The smallest absolute Gasteiger partial charge is 0.311 e. The van der Waals surface area contributed by atoms with E-state index in [1.807, 2.05) is 4.90 Å². The summed E-state index contributed by atoms with van der Waals surface area (Å²) in [5.41, 5.74) is 5.35. The monoisotopic (exact) mass is 238 g/mol. The molecule has 1 fully saturated rings. The van der Waals surface area contributed by atoms with Crippen molar-refractivity contribution in [2.24, 2.45) is 0 Å². The Balaban J connectivity index is 2.28. The van der Waals surface area contributed by atoms with Gasteiger partial charge in [-0.15, -0.1) is 0 Å². The maximum atomic E-state index is 10.6. The summed E-state index contributed by atoms with van der Waals surface area (Å²) in [6, 6.07) is 2.95. The molecular formula is C10H14N4O3. The summed E-state index contributed by atoms with van der Waals surface area (Å²) in [6.07, 6.45) is 1.87. The molecule has 17 heavy (non-hydrogen) atoms. The maximum Gasteiger partial charge on any atom is 0.311 e. The third-order valence-corrected chi connectivity index (χ3v) is 2.97. The van der Waals surface area contributed by atoms with Crippen LogP contribution in [0.3, 0.4) is 0 Å². The Labute approximate surface area is 98.0 Å². The first-order chi connectivity index (χ1) is 8.13. The number of pyridine rings is 1. The molecule has 1 saturated heterocycles. The van der Waals surface area contributed by atoms with Crippen molar-refractivity contribution in [3.63, 3.8) is 0 Å². The van der Waals surface area contributed by atoms with Gasteiger partial charge in [-0.1, -0.05) is 0 Å². The van der Waals surface area contributed by atoms with E-state index in [0.29, 0.717) is 5.82 Å². The largest absolute Gasteiger partial charge is 0.394 e. The van der Waals surface area contributed by atoms with Gasteiger partial charge in [0.15, 0.2) is 0 Å².